The molecule has 0 aliphatic heterocycles. The van der Waals surface area contributed by atoms with Gasteiger partial charge in [0, 0.05) is 12.6 Å². The van der Waals surface area contributed by atoms with Crippen LogP contribution in [0.5, 0.6) is 0 Å². The lowest BCUT2D eigenvalue weighted by molar-refractivity contribution is 0.484. The molecule has 3 N–H and O–H groups in total. The molecule has 0 radical (unpaired) electrons. The average molecular weight is 256 g/mol. The topological polar surface area (TPSA) is 72.2 Å². The molecule has 17 heavy (non-hydrogen) atoms. The van der Waals surface area contributed by atoms with Gasteiger partial charge < -0.3 is 5.32 Å². The summed E-state index contributed by atoms with van der Waals surface area (Å²) < 4.78 is 22.4. The lowest BCUT2D eigenvalue weighted by Crippen LogP contribution is -2.27. The number of hydrogen-bond donors (Lipinski definition) is 2. The summed E-state index contributed by atoms with van der Waals surface area (Å²) in [5, 5.41) is 8.46. The zero-order valence-corrected chi connectivity index (χ0v) is 11.1. The van der Waals surface area contributed by atoms with E-state index in [1.54, 1.807) is 12.1 Å². The summed E-state index contributed by atoms with van der Waals surface area (Å²) in [4.78, 5) is 0.168. The Kier molecular flexibility index (Phi) is 5.11. The molecular weight excluding hydrogens is 236 g/mol. The monoisotopic (exact) mass is 256 g/mol. The van der Waals surface area contributed by atoms with Gasteiger partial charge in [0.2, 0.25) is 10.0 Å². The highest BCUT2D eigenvalue weighted by Gasteiger charge is 2.08. The number of primary sulfonamides is 1. The van der Waals surface area contributed by atoms with E-state index in [1.165, 1.54) is 6.07 Å². The first-order chi connectivity index (χ1) is 7.97. The second kappa shape index (κ2) is 6.14. The third-order valence-corrected chi connectivity index (χ3v) is 3.72. The van der Waals surface area contributed by atoms with Crippen molar-refractivity contribution in [1.29, 1.82) is 0 Å². The minimum absolute atomic E-state index is 0.168. The SMILES string of the molecule is CCC(CC)NCc1cccc(S(N)(=O)=O)c1. The lowest BCUT2D eigenvalue weighted by atomic mass is 10.1. The van der Waals surface area contributed by atoms with Crippen LogP contribution in [0.15, 0.2) is 29.2 Å². The number of rotatable bonds is 6. The predicted octanol–water partition coefficient (Wildman–Crippen LogP) is 1.61. The van der Waals surface area contributed by atoms with E-state index in [9.17, 15) is 8.42 Å². The van der Waals surface area contributed by atoms with Crippen LogP contribution in [0.25, 0.3) is 0 Å². The normalized spacial score (nSPS) is 12.0. The lowest BCUT2D eigenvalue weighted by Gasteiger charge is -2.14. The molecule has 1 aromatic rings. The van der Waals surface area contributed by atoms with Crippen LogP contribution in [0.3, 0.4) is 0 Å². The summed E-state index contributed by atoms with van der Waals surface area (Å²) in [6.07, 6.45) is 2.12. The Labute approximate surface area is 103 Å². The maximum Gasteiger partial charge on any atom is 0.238 e. The molecule has 96 valence electrons. The molecule has 4 nitrogen and oxygen atoms in total. The van der Waals surface area contributed by atoms with Crippen molar-refractivity contribution in [3.8, 4) is 0 Å². The van der Waals surface area contributed by atoms with E-state index in [0.29, 0.717) is 12.6 Å². The molecule has 0 atom stereocenters. The van der Waals surface area contributed by atoms with E-state index in [1.807, 2.05) is 6.07 Å². The smallest absolute Gasteiger partial charge is 0.238 e. The molecule has 1 aromatic carbocycles. The summed E-state index contributed by atoms with van der Waals surface area (Å²) in [5.41, 5.74) is 0.934. The molecular formula is C12H20N2O2S. The van der Waals surface area contributed by atoms with Gasteiger partial charge in [-0.25, -0.2) is 13.6 Å². The van der Waals surface area contributed by atoms with E-state index >= 15 is 0 Å². The molecule has 0 bridgehead atoms. The first-order valence-electron chi connectivity index (χ1n) is 5.82. The molecule has 0 spiro atoms. The molecule has 0 saturated heterocycles. The van der Waals surface area contributed by atoms with Gasteiger partial charge in [0.1, 0.15) is 0 Å². The number of benzene rings is 1. The second-order valence-electron chi connectivity index (χ2n) is 4.09. The number of nitrogens with one attached hydrogen (secondary N) is 1. The van der Waals surface area contributed by atoms with Gasteiger partial charge in [-0.15, -0.1) is 0 Å². The van der Waals surface area contributed by atoms with Crippen molar-refractivity contribution < 1.29 is 8.42 Å². The van der Waals surface area contributed by atoms with Crippen molar-refractivity contribution >= 4 is 10.0 Å². The first kappa shape index (κ1) is 14.2. The summed E-state index contributed by atoms with van der Waals surface area (Å²) in [6, 6.07) is 7.20. The largest absolute Gasteiger partial charge is 0.310 e. The Morgan fingerprint density at radius 1 is 1.29 bits per heavy atom. The molecule has 0 heterocycles. The average Bonchev–Trinajstić information content (AvgIpc) is 2.30. The van der Waals surface area contributed by atoms with Crippen LogP contribution in [-0.4, -0.2) is 14.5 Å². The predicted molar refractivity (Wildman–Crippen MR) is 69.0 cm³/mol. The van der Waals surface area contributed by atoms with Crippen molar-refractivity contribution in [3.05, 3.63) is 29.8 Å². The number of hydrogen-bond acceptors (Lipinski definition) is 3. The van der Waals surface area contributed by atoms with Gasteiger partial charge in [-0.05, 0) is 30.5 Å². The van der Waals surface area contributed by atoms with Crippen LogP contribution in [0.2, 0.25) is 0 Å². The van der Waals surface area contributed by atoms with E-state index in [4.69, 9.17) is 5.14 Å². The number of nitrogens with two attached hydrogens (primary N) is 1. The van der Waals surface area contributed by atoms with Crippen LogP contribution in [0.4, 0.5) is 0 Å². The van der Waals surface area contributed by atoms with E-state index in [-0.39, 0.29) is 4.90 Å². The maximum atomic E-state index is 11.2. The highest BCUT2D eigenvalue weighted by Crippen LogP contribution is 2.10. The molecule has 0 amide bonds. The Morgan fingerprint density at radius 3 is 2.47 bits per heavy atom. The third-order valence-electron chi connectivity index (χ3n) is 2.81. The van der Waals surface area contributed by atoms with Gasteiger partial charge in [-0.3, -0.25) is 0 Å². The Bertz CT molecular complexity index is 453. The summed E-state index contributed by atoms with van der Waals surface area (Å²) in [7, 11) is -3.60. The Balaban J connectivity index is 2.73. The minimum atomic E-state index is -3.60. The van der Waals surface area contributed by atoms with Crippen molar-refractivity contribution in [2.75, 3.05) is 0 Å². The van der Waals surface area contributed by atoms with Crippen LogP contribution in [0.1, 0.15) is 32.3 Å². The van der Waals surface area contributed by atoms with Crippen molar-refractivity contribution in [2.45, 2.75) is 44.2 Å². The van der Waals surface area contributed by atoms with Crippen LogP contribution < -0.4 is 10.5 Å². The van der Waals surface area contributed by atoms with E-state index in [0.717, 1.165) is 18.4 Å². The zero-order valence-electron chi connectivity index (χ0n) is 10.3. The van der Waals surface area contributed by atoms with Gasteiger partial charge in [-0.1, -0.05) is 26.0 Å². The fraction of sp³-hybridized carbons (Fsp3) is 0.500. The fourth-order valence-electron chi connectivity index (χ4n) is 1.67. The Morgan fingerprint density at radius 2 is 1.94 bits per heavy atom. The fourth-order valence-corrected chi connectivity index (χ4v) is 2.26. The minimum Gasteiger partial charge on any atom is -0.310 e. The molecule has 0 aromatic heterocycles. The summed E-state index contributed by atoms with van der Waals surface area (Å²) in [5.74, 6) is 0. The molecule has 0 aliphatic carbocycles. The quantitative estimate of drug-likeness (QED) is 0.812. The summed E-state index contributed by atoms with van der Waals surface area (Å²) >= 11 is 0. The molecule has 0 unspecified atom stereocenters. The van der Waals surface area contributed by atoms with Crippen LogP contribution in [-0.2, 0) is 16.6 Å². The third kappa shape index (κ3) is 4.46. The molecule has 5 heteroatoms. The highest BCUT2D eigenvalue weighted by molar-refractivity contribution is 7.89. The highest BCUT2D eigenvalue weighted by atomic mass is 32.2. The van der Waals surface area contributed by atoms with Gasteiger partial charge in [0.05, 0.1) is 4.90 Å². The molecule has 0 fully saturated rings. The van der Waals surface area contributed by atoms with Crippen LogP contribution >= 0.6 is 0 Å². The maximum absolute atomic E-state index is 11.2. The van der Waals surface area contributed by atoms with Gasteiger partial charge >= 0.3 is 0 Å². The van der Waals surface area contributed by atoms with Crippen molar-refractivity contribution in [3.63, 3.8) is 0 Å². The second-order valence-corrected chi connectivity index (χ2v) is 5.65. The molecule has 0 aliphatic rings. The number of sulfonamides is 1. The van der Waals surface area contributed by atoms with Gasteiger partial charge in [-0.2, -0.15) is 0 Å². The van der Waals surface area contributed by atoms with E-state index < -0.39 is 10.0 Å². The molecule has 0 saturated carbocycles. The van der Waals surface area contributed by atoms with Crippen molar-refractivity contribution in [2.24, 2.45) is 5.14 Å². The van der Waals surface area contributed by atoms with Gasteiger partial charge in [0.25, 0.3) is 0 Å². The first-order valence-corrected chi connectivity index (χ1v) is 7.37. The van der Waals surface area contributed by atoms with Crippen LogP contribution in [0, 0.1) is 0 Å². The standard InChI is InChI=1S/C12H20N2O2S/c1-3-11(4-2)14-9-10-6-5-7-12(8-10)17(13,15)16/h5-8,11,14H,3-4,9H2,1-2H3,(H2,13,15,16). The zero-order chi connectivity index (χ0) is 12.9. The van der Waals surface area contributed by atoms with Crippen molar-refractivity contribution in [1.82, 2.24) is 5.32 Å². The van der Waals surface area contributed by atoms with E-state index in [2.05, 4.69) is 19.2 Å². The Hall–Kier alpha value is -0.910. The molecule has 1 rings (SSSR count). The summed E-state index contributed by atoms with van der Waals surface area (Å²) in [6.45, 7) is 4.92. The van der Waals surface area contributed by atoms with Gasteiger partial charge in [0.15, 0.2) is 0 Å².